The monoisotopic (exact) mass is 306 g/mol. The highest BCUT2D eigenvalue weighted by Gasteiger charge is 2.35. The molecule has 21 heavy (non-hydrogen) atoms. The fourth-order valence-electron chi connectivity index (χ4n) is 1.51. The predicted octanol–water partition coefficient (Wildman–Crippen LogP) is 2.10. The Balaban J connectivity index is 2.78. The van der Waals surface area contributed by atoms with Crippen molar-refractivity contribution >= 4 is 11.8 Å². The van der Waals surface area contributed by atoms with Gasteiger partial charge in [-0.15, -0.1) is 0 Å². The number of hydrogen-bond donors (Lipinski definition) is 2. The molecule has 0 unspecified atom stereocenters. The third-order valence-corrected chi connectivity index (χ3v) is 2.53. The number of carbonyl (C=O) groups excluding carboxylic acids is 2. The fourth-order valence-corrected chi connectivity index (χ4v) is 1.51. The van der Waals surface area contributed by atoms with Crippen LogP contribution < -0.4 is 10.6 Å². The maximum Gasteiger partial charge on any atom is 0.419 e. The zero-order valence-corrected chi connectivity index (χ0v) is 11.2. The average Bonchev–Trinajstić information content (AvgIpc) is 2.41. The SMILES string of the molecule is CCCNC(=O)CNC(=O)c1cccc(C(F)(F)F)c1F. The van der Waals surface area contributed by atoms with Crippen molar-refractivity contribution in [3.05, 3.63) is 35.1 Å². The van der Waals surface area contributed by atoms with Crippen LogP contribution in [0, 0.1) is 5.82 Å². The van der Waals surface area contributed by atoms with E-state index in [9.17, 15) is 27.2 Å². The molecule has 0 heterocycles. The smallest absolute Gasteiger partial charge is 0.355 e. The third-order valence-electron chi connectivity index (χ3n) is 2.53. The highest BCUT2D eigenvalue weighted by Crippen LogP contribution is 2.32. The standard InChI is InChI=1S/C13H14F4N2O2/c1-2-6-18-10(20)7-19-12(21)8-4-3-5-9(11(8)14)13(15,16)17/h3-5H,2,6-7H2,1H3,(H,18,20)(H,19,21). The minimum Gasteiger partial charge on any atom is -0.355 e. The summed E-state index contributed by atoms with van der Waals surface area (Å²) in [6.45, 7) is 1.80. The van der Waals surface area contributed by atoms with Gasteiger partial charge in [0.05, 0.1) is 17.7 Å². The molecule has 0 aliphatic carbocycles. The first kappa shape index (κ1) is 16.9. The zero-order chi connectivity index (χ0) is 16.0. The van der Waals surface area contributed by atoms with Gasteiger partial charge in [0.15, 0.2) is 0 Å². The number of amides is 2. The minimum absolute atomic E-state index is 0.409. The van der Waals surface area contributed by atoms with Gasteiger partial charge in [0, 0.05) is 6.54 Å². The molecule has 0 aromatic heterocycles. The molecule has 2 amide bonds. The van der Waals surface area contributed by atoms with Crippen molar-refractivity contribution in [3.63, 3.8) is 0 Å². The minimum atomic E-state index is -4.89. The number of nitrogens with one attached hydrogen (secondary N) is 2. The summed E-state index contributed by atoms with van der Waals surface area (Å²) in [5, 5.41) is 4.53. The lowest BCUT2D eigenvalue weighted by atomic mass is 10.1. The molecule has 0 spiro atoms. The average molecular weight is 306 g/mol. The number of rotatable bonds is 5. The summed E-state index contributed by atoms with van der Waals surface area (Å²) in [5.41, 5.74) is -2.28. The largest absolute Gasteiger partial charge is 0.419 e. The van der Waals surface area contributed by atoms with Crippen LogP contribution in [-0.2, 0) is 11.0 Å². The number of hydrogen-bond acceptors (Lipinski definition) is 2. The van der Waals surface area contributed by atoms with Crippen molar-refractivity contribution in [2.24, 2.45) is 0 Å². The lowest BCUT2D eigenvalue weighted by Crippen LogP contribution is -2.37. The topological polar surface area (TPSA) is 58.2 Å². The molecule has 0 saturated heterocycles. The molecule has 1 aromatic rings. The van der Waals surface area contributed by atoms with Gasteiger partial charge in [-0.2, -0.15) is 13.2 Å². The molecular weight excluding hydrogens is 292 g/mol. The van der Waals surface area contributed by atoms with Gasteiger partial charge in [-0.25, -0.2) is 4.39 Å². The second-order valence-electron chi connectivity index (χ2n) is 4.20. The van der Waals surface area contributed by atoms with Gasteiger partial charge < -0.3 is 10.6 Å². The van der Waals surface area contributed by atoms with Gasteiger partial charge in [0.1, 0.15) is 5.82 Å². The Morgan fingerprint density at radius 2 is 1.86 bits per heavy atom. The molecule has 2 N–H and O–H groups in total. The van der Waals surface area contributed by atoms with Crippen LogP contribution in [0.5, 0.6) is 0 Å². The van der Waals surface area contributed by atoms with Crippen molar-refractivity contribution in [2.45, 2.75) is 19.5 Å². The number of halogens is 4. The van der Waals surface area contributed by atoms with E-state index >= 15 is 0 Å². The van der Waals surface area contributed by atoms with E-state index in [4.69, 9.17) is 0 Å². The summed E-state index contributed by atoms with van der Waals surface area (Å²) in [7, 11) is 0. The lowest BCUT2D eigenvalue weighted by molar-refractivity contribution is -0.140. The first-order chi connectivity index (χ1) is 9.77. The van der Waals surface area contributed by atoms with E-state index < -0.39 is 41.5 Å². The quantitative estimate of drug-likeness (QED) is 0.819. The van der Waals surface area contributed by atoms with E-state index in [1.807, 2.05) is 6.92 Å². The van der Waals surface area contributed by atoms with E-state index in [1.54, 1.807) is 0 Å². The second-order valence-corrected chi connectivity index (χ2v) is 4.20. The van der Waals surface area contributed by atoms with Gasteiger partial charge in [-0.3, -0.25) is 9.59 Å². The predicted molar refractivity (Wildman–Crippen MR) is 67.0 cm³/mol. The van der Waals surface area contributed by atoms with E-state index in [1.165, 1.54) is 0 Å². The summed E-state index contributed by atoms with van der Waals surface area (Å²) >= 11 is 0. The van der Waals surface area contributed by atoms with Gasteiger partial charge in [0.2, 0.25) is 5.91 Å². The maximum atomic E-state index is 13.7. The van der Waals surface area contributed by atoms with Gasteiger partial charge in [0.25, 0.3) is 5.91 Å². The molecule has 0 radical (unpaired) electrons. The van der Waals surface area contributed by atoms with Crippen LogP contribution >= 0.6 is 0 Å². The summed E-state index contributed by atoms with van der Waals surface area (Å²) in [6, 6.07) is 2.39. The normalized spacial score (nSPS) is 11.1. The lowest BCUT2D eigenvalue weighted by Gasteiger charge is -2.11. The van der Waals surface area contributed by atoms with E-state index in [0.29, 0.717) is 19.0 Å². The van der Waals surface area contributed by atoms with Crippen molar-refractivity contribution in [1.82, 2.24) is 10.6 Å². The molecule has 0 aliphatic rings. The molecule has 1 rings (SSSR count). The molecule has 116 valence electrons. The Labute approximate surface area is 118 Å². The van der Waals surface area contributed by atoms with Crippen LogP contribution in [0.2, 0.25) is 0 Å². The van der Waals surface area contributed by atoms with Crippen LogP contribution in [0.25, 0.3) is 0 Å². The second kappa shape index (κ2) is 7.05. The fraction of sp³-hybridized carbons (Fsp3) is 0.385. The summed E-state index contributed by atoms with van der Waals surface area (Å²) in [5.74, 6) is -3.24. The van der Waals surface area contributed by atoms with E-state index in [2.05, 4.69) is 10.6 Å². The van der Waals surface area contributed by atoms with Crippen molar-refractivity contribution in [2.75, 3.05) is 13.1 Å². The van der Waals surface area contributed by atoms with Crippen LogP contribution in [0.4, 0.5) is 17.6 Å². The first-order valence-electron chi connectivity index (χ1n) is 6.18. The van der Waals surface area contributed by atoms with E-state index in [0.717, 1.165) is 12.1 Å². The number of benzene rings is 1. The van der Waals surface area contributed by atoms with Gasteiger partial charge in [-0.05, 0) is 18.6 Å². The first-order valence-corrected chi connectivity index (χ1v) is 6.18. The Hall–Kier alpha value is -2.12. The Bertz CT molecular complexity index is 529. The molecule has 1 aromatic carbocycles. The molecule has 4 nitrogen and oxygen atoms in total. The summed E-state index contributed by atoms with van der Waals surface area (Å²) < 4.78 is 51.2. The number of carbonyl (C=O) groups is 2. The molecule has 8 heteroatoms. The van der Waals surface area contributed by atoms with Crippen LogP contribution in [-0.4, -0.2) is 24.9 Å². The molecule has 0 fully saturated rings. The van der Waals surface area contributed by atoms with Crippen LogP contribution in [0.15, 0.2) is 18.2 Å². The van der Waals surface area contributed by atoms with Gasteiger partial charge in [-0.1, -0.05) is 13.0 Å². The highest BCUT2D eigenvalue weighted by atomic mass is 19.4. The zero-order valence-electron chi connectivity index (χ0n) is 11.2. The van der Waals surface area contributed by atoms with Crippen LogP contribution in [0.1, 0.15) is 29.3 Å². The van der Waals surface area contributed by atoms with Crippen molar-refractivity contribution in [1.29, 1.82) is 0 Å². The maximum absolute atomic E-state index is 13.7. The Kier molecular flexibility index (Phi) is 5.69. The third kappa shape index (κ3) is 4.73. The summed E-state index contributed by atoms with van der Waals surface area (Å²) in [6.07, 6.45) is -4.19. The molecule has 0 atom stereocenters. The highest BCUT2D eigenvalue weighted by molar-refractivity contribution is 5.96. The molecule has 0 bridgehead atoms. The Morgan fingerprint density at radius 1 is 1.19 bits per heavy atom. The van der Waals surface area contributed by atoms with Crippen molar-refractivity contribution in [3.8, 4) is 0 Å². The summed E-state index contributed by atoms with van der Waals surface area (Å²) in [4.78, 5) is 22.9. The van der Waals surface area contributed by atoms with Crippen molar-refractivity contribution < 1.29 is 27.2 Å². The van der Waals surface area contributed by atoms with E-state index in [-0.39, 0.29) is 0 Å². The molecule has 0 saturated carbocycles. The van der Waals surface area contributed by atoms with Gasteiger partial charge >= 0.3 is 6.18 Å². The molecular formula is C13H14F4N2O2. The van der Waals surface area contributed by atoms with Crippen LogP contribution in [0.3, 0.4) is 0 Å². The number of alkyl halides is 3. The molecule has 0 aliphatic heterocycles. The Morgan fingerprint density at radius 3 is 2.43 bits per heavy atom.